The molecule has 0 aliphatic carbocycles. The largest absolute Gasteiger partial charge is 0.493 e. The Labute approximate surface area is 167 Å². The molecule has 152 valence electrons. The van der Waals surface area contributed by atoms with Crippen LogP contribution in [0.4, 0.5) is 4.39 Å². The van der Waals surface area contributed by atoms with Gasteiger partial charge in [-0.05, 0) is 19.1 Å². The number of methoxy groups -OCH3 is 2. The number of thiophene rings is 1. The van der Waals surface area contributed by atoms with Gasteiger partial charge in [0.05, 0.1) is 19.1 Å². The Bertz CT molecular complexity index is 982. The number of aryl methyl sites for hydroxylation is 1. The van der Waals surface area contributed by atoms with Crippen LogP contribution in [0.1, 0.15) is 14.5 Å². The Kier molecular flexibility index (Phi) is 5.92. The maximum absolute atomic E-state index is 14.4. The van der Waals surface area contributed by atoms with E-state index in [1.54, 1.807) is 11.0 Å². The summed E-state index contributed by atoms with van der Waals surface area (Å²) in [5, 5.41) is 0. The fourth-order valence-electron chi connectivity index (χ4n) is 3.01. The average Bonchev–Trinajstić information content (AvgIpc) is 3.13. The number of sulfonamides is 1. The van der Waals surface area contributed by atoms with Crippen molar-refractivity contribution in [1.29, 1.82) is 0 Å². The maximum atomic E-state index is 14.4. The maximum Gasteiger partial charge on any atom is 0.264 e. The number of carbonyl (C=O) groups is 1. The van der Waals surface area contributed by atoms with E-state index in [4.69, 9.17) is 9.47 Å². The monoisotopic (exact) mass is 428 g/mol. The molecular formula is C18H21FN2O5S2. The van der Waals surface area contributed by atoms with Crippen LogP contribution in [0.5, 0.6) is 11.5 Å². The zero-order chi connectivity index (χ0) is 20.5. The van der Waals surface area contributed by atoms with Gasteiger partial charge in [0.1, 0.15) is 10.7 Å². The molecule has 28 heavy (non-hydrogen) atoms. The highest BCUT2D eigenvalue weighted by Gasteiger charge is 2.33. The van der Waals surface area contributed by atoms with Crippen LogP contribution in [-0.2, 0) is 10.0 Å². The molecule has 0 atom stereocenters. The SMILES string of the molecule is COc1cc(F)c(S(=O)(=O)N2CCN(C(=O)c3ccc(C)s3)CC2)cc1OC. The van der Waals surface area contributed by atoms with E-state index in [1.165, 1.54) is 29.9 Å². The van der Waals surface area contributed by atoms with Crippen LogP contribution in [0.25, 0.3) is 0 Å². The van der Waals surface area contributed by atoms with E-state index in [1.807, 2.05) is 13.0 Å². The number of ether oxygens (including phenoxy) is 2. The molecule has 2 heterocycles. The molecule has 0 spiro atoms. The van der Waals surface area contributed by atoms with Crippen LogP contribution in [0.3, 0.4) is 0 Å². The second-order valence-electron chi connectivity index (χ2n) is 6.24. The minimum atomic E-state index is -4.07. The fourth-order valence-corrected chi connectivity index (χ4v) is 5.33. The number of halogens is 1. The van der Waals surface area contributed by atoms with Gasteiger partial charge in [0, 0.05) is 43.2 Å². The van der Waals surface area contributed by atoms with Crippen LogP contribution >= 0.6 is 11.3 Å². The van der Waals surface area contributed by atoms with Gasteiger partial charge in [0.15, 0.2) is 11.5 Å². The van der Waals surface area contributed by atoms with Crippen LogP contribution in [0.2, 0.25) is 0 Å². The topological polar surface area (TPSA) is 76.2 Å². The van der Waals surface area contributed by atoms with Gasteiger partial charge in [-0.3, -0.25) is 4.79 Å². The predicted octanol–water partition coefficient (Wildman–Crippen LogP) is 2.36. The van der Waals surface area contributed by atoms with Gasteiger partial charge in [-0.25, -0.2) is 12.8 Å². The first kappa shape index (κ1) is 20.6. The van der Waals surface area contributed by atoms with Crippen molar-refractivity contribution in [2.45, 2.75) is 11.8 Å². The Hall–Kier alpha value is -2.17. The van der Waals surface area contributed by atoms with E-state index < -0.39 is 20.7 Å². The number of nitrogens with zero attached hydrogens (tertiary/aromatic N) is 2. The molecule has 0 N–H and O–H groups in total. The van der Waals surface area contributed by atoms with Gasteiger partial charge in [0.25, 0.3) is 5.91 Å². The van der Waals surface area contributed by atoms with E-state index in [-0.39, 0.29) is 43.6 Å². The van der Waals surface area contributed by atoms with Gasteiger partial charge in [-0.2, -0.15) is 4.31 Å². The van der Waals surface area contributed by atoms with Crippen molar-refractivity contribution >= 4 is 27.3 Å². The molecule has 1 fully saturated rings. The van der Waals surface area contributed by atoms with Gasteiger partial charge < -0.3 is 14.4 Å². The third-order valence-corrected chi connectivity index (χ3v) is 7.44. The van der Waals surface area contributed by atoms with E-state index in [2.05, 4.69) is 0 Å². The molecule has 1 amide bonds. The summed E-state index contributed by atoms with van der Waals surface area (Å²) in [6.45, 7) is 2.58. The molecule has 1 aliphatic heterocycles. The molecular weight excluding hydrogens is 407 g/mol. The Morgan fingerprint density at radius 3 is 2.21 bits per heavy atom. The number of benzene rings is 1. The van der Waals surface area contributed by atoms with Crippen molar-refractivity contribution in [2.24, 2.45) is 0 Å². The molecule has 0 bridgehead atoms. The molecule has 7 nitrogen and oxygen atoms in total. The molecule has 0 unspecified atom stereocenters. The summed E-state index contributed by atoms with van der Waals surface area (Å²) in [7, 11) is -1.38. The number of hydrogen-bond acceptors (Lipinski definition) is 6. The van der Waals surface area contributed by atoms with Crippen LogP contribution in [0.15, 0.2) is 29.2 Å². The second kappa shape index (κ2) is 8.06. The van der Waals surface area contributed by atoms with E-state index in [0.29, 0.717) is 4.88 Å². The second-order valence-corrected chi connectivity index (χ2v) is 9.44. The highest BCUT2D eigenvalue weighted by Crippen LogP contribution is 2.33. The van der Waals surface area contributed by atoms with E-state index >= 15 is 0 Å². The van der Waals surface area contributed by atoms with Gasteiger partial charge in [0.2, 0.25) is 10.0 Å². The summed E-state index contributed by atoms with van der Waals surface area (Å²) in [6.07, 6.45) is 0. The summed E-state index contributed by atoms with van der Waals surface area (Å²) in [5.74, 6) is -0.789. The first-order valence-corrected chi connectivity index (χ1v) is 10.8. The molecule has 1 aliphatic rings. The van der Waals surface area contributed by atoms with Crippen molar-refractivity contribution in [2.75, 3.05) is 40.4 Å². The minimum absolute atomic E-state index is 0.0895. The highest BCUT2D eigenvalue weighted by atomic mass is 32.2. The van der Waals surface area contributed by atoms with Crippen molar-refractivity contribution in [3.63, 3.8) is 0 Å². The molecule has 0 saturated carbocycles. The predicted molar refractivity (Wildman–Crippen MR) is 103 cm³/mol. The molecule has 1 aromatic carbocycles. The van der Waals surface area contributed by atoms with Crippen LogP contribution in [-0.4, -0.2) is 63.9 Å². The highest BCUT2D eigenvalue weighted by molar-refractivity contribution is 7.89. The summed E-state index contributed by atoms with van der Waals surface area (Å²) >= 11 is 1.40. The number of amides is 1. The molecule has 0 radical (unpaired) electrons. The number of hydrogen-bond donors (Lipinski definition) is 0. The first-order chi connectivity index (χ1) is 13.3. The standard InChI is InChI=1S/C18H21FN2O5S2/c1-12-4-5-16(27-12)18(22)20-6-8-21(9-7-20)28(23,24)17-11-15(26-3)14(25-2)10-13(17)19/h4-5,10-11H,6-9H2,1-3H3. The Balaban J connectivity index is 1.77. The smallest absolute Gasteiger partial charge is 0.264 e. The van der Waals surface area contributed by atoms with Crippen LogP contribution < -0.4 is 9.47 Å². The van der Waals surface area contributed by atoms with Crippen molar-refractivity contribution in [3.05, 3.63) is 39.8 Å². The molecule has 10 heteroatoms. The third kappa shape index (κ3) is 3.85. The van der Waals surface area contributed by atoms with Gasteiger partial charge in [-0.15, -0.1) is 11.3 Å². The molecule has 3 rings (SSSR count). The molecule has 1 aromatic heterocycles. The van der Waals surface area contributed by atoms with E-state index in [9.17, 15) is 17.6 Å². The van der Waals surface area contributed by atoms with Crippen LogP contribution in [0, 0.1) is 12.7 Å². The van der Waals surface area contributed by atoms with Crippen molar-refractivity contribution < 1.29 is 27.1 Å². The van der Waals surface area contributed by atoms with Gasteiger partial charge >= 0.3 is 0 Å². The normalized spacial score (nSPS) is 15.5. The summed E-state index contributed by atoms with van der Waals surface area (Å²) in [4.78, 5) is 15.3. The summed E-state index contributed by atoms with van der Waals surface area (Å²) in [5.41, 5.74) is 0. The lowest BCUT2D eigenvalue weighted by Crippen LogP contribution is -2.50. The zero-order valence-electron chi connectivity index (χ0n) is 15.8. The van der Waals surface area contributed by atoms with Gasteiger partial charge in [-0.1, -0.05) is 0 Å². The summed E-state index contributed by atoms with van der Waals surface area (Å²) < 4.78 is 51.5. The lowest BCUT2D eigenvalue weighted by atomic mass is 10.3. The number of carbonyl (C=O) groups excluding carboxylic acids is 1. The Morgan fingerprint density at radius 2 is 1.68 bits per heavy atom. The van der Waals surface area contributed by atoms with Crippen molar-refractivity contribution in [1.82, 2.24) is 9.21 Å². The quantitative estimate of drug-likeness (QED) is 0.731. The molecule has 1 saturated heterocycles. The van der Waals surface area contributed by atoms with Crippen molar-refractivity contribution in [3.8, 4) is 11.5 Å². The minimum Gasteiger partial charge on any atom is -0.493 e. The molecule has 2 aromatic rings. The Morgan fingerprint density at radius 1 is 1.07 bits per heavy atom. The number of piperazine rings is 1. The summed E-state index contributed by atoms with van der Waals surface area (Å²) in [6, 6.07) is 5.75. The fraction of sp³-hybridized carbons (Fsp3) is 0.389. The lowest BCUT2D eigenvalue weighted by Gasteiger charge is -2.33. The van der Waals surface area contributed by atoms with E-state index in [0.717, 1.165) is 17.0 Å². The number of rotatable bonds is 5. The lowest BCUT2D eigenvalue weighted by molar-refractivity contribution is 0.0702. The zero-order valence-corrected chi connectivity index (χ0v) is 17.4. The third-order valence-electron chi connectivity index (χ3n) is 4.53. The average molecular weight is 429 g/mol. The first-order valence-electron chi connectivity index (χ1n) is 8.55.